The van der Waals surface area contributed by atoms with Gasteiger partial charge in [0.2, 0.25) is 5.89 Å². The van der Waals surface area contributed by atoms with Gasteiger partial charge in [0.25, 0.3) is 0 Å². The Morgan fingerprint density at radius 3 is 2.83 bits per heavy atom. The molecule has 1 fully saturated rings. The van der Waals surface area contributed by atoms with Gasteiger partial charge in [-0.3, -0.25) is 0 Å². The van der Waals surface area contributed by atoms with Crippen molar-refractivity contribution >= 4 is 0 Å². The van der Waals surface area contributed by atoms with Crippen LogP contribution in [0.25, 0.3) is 11.3 Å². The number of aromatic nitrogens is 1. The lowest BCUT2D eigenvalue weighted by Crippen LogP contribution is -2.15. The van der Waals surface area contributed by atoms with E-state index in [1.165, 1.54) is 25.1 Å². The van der Waals surface area contributed by atoms with Gasteiger partial charge in [-0.2, -0.15) is 0 Å². The Morgan fingerprint density at radius 1 is 1.28 bits per heavy atom. The number of rotatable bonds is 4. The number of oxazole rings is 1. The molecule has 1 N–H and O–H groups in total. The van der Waals surface area contributed by atoms with Crippen LogP contribution in [0.4, 0.5) is 8.78 Å². The van der Waals surface area contributed by atoms with E-state index < -0.39 is 11.6 Å². The molecule has 0 saturated heterocycles. The first-order valence-electron chi connectivity index (χ1n) is 5.86. The molecule has 0 bridgehead atoms. The van der Waals surface area contributed by atoms with Crippen LogP contribution in [0.15, 0.2) is 28.8 Å². The zero-order valence-electron chi connectivity index (χ0n) is 9.62. The van der Waals surface area contributed by atoms with Gasteiger partial charge in [0, 0.05) is 11.6 Å². The summed E-state index contributed by atoms with van der Waals surface area (Å²) in [5.74, 6) is -0.751. The van der Waals surface area contributed by atoms with Crippen molar-refractivity contribution in [3.8, 4) is 11.3 Å². The number of nitrogens with zero attached hydrogens (tertiary/aromatic N) is 1. The van der Waals surface area contributed by atoms with E-state index in [0.29, 0.717) is 29.8 Å². The molecule has 5 heteroatoms. The van der Waals surface area contributed by atoms with Crippen molar-refractivity contribution in [2.45, 2.75) is 25.4 Å². The van der Waals surface area contributed by atoms with Crippen molar-refractivity contribution in [2.75, 3.05) is 0 Å². The second kappa shape index (κ2) is 4.49. The fraction of sp³-hybridized carbons (Fsp3) is 0.308. The monoisotopic (exact) mass is 250 g/mol. The first-order valence-corrected chi connectivity index (χ1v) is 5.86. The van der Waals surface area contributed by atoms with E-state index in [1.807, 2.05) is 0 Å². The molecule has 3 rings (SSSR count). The topological polar surface area (TPSA) is 38.1 Å². The number of hydrogen-bond acceptors (Lipinski definition) is 3. The van der Waals surface area contributed by atoms with E-state index in [4.69, 9.17) is 4.42 Å². The summed E-state index contributed by atoms with van der Waals surface area (Å²) in [6.07, 6.45) is 3.91. The molecule has 1 aromatic carbocycles. The second-order valence-corrected chi connectivity index (χ2v) is 4.40. The van der Waals surface area contributed by atoms with E-state index in [-0.39, 0.29) is 0 Å². The summed E-state index contributed by atoms with van der Waals surface area (Å²) in [4.78, 5) is 4.10. The minimum Gasteiger partial charge on any atom is -0.439 e. The highest BCUT2D eigenvalue weighted by atomic mass is 19.2. The third-order valence-electron chi connectivity index (χ3n) is 2.88. The maximum Gasteiger partial charge on any atom is 0.208 e. The molecule has 0 atom stereocenters. The lowest BCUT2D eigenvalue weighted by molar-refractivity contribution is 0.475. The van der Waals surface area contributed by atoms with Crippen LogP contribution >= 0.6 is 0 Å². The Labute approximate surface area is 103 Å². The van der Waals surface area contributed by atoms with E-state index in [0.717, 1.165) is 12.1 Å². The molecule has 0 unspecified atom stereocenters. The smallest absolute Gasteiger partial charge is 0.208 e. The van der Waals surface area contributed by atoms with Gasteiger partial charge in [0.1, 0.15) is 0 Å². The molecule has 1 aliphatic carbocycles. The van der Waals surface area contributed by atoms with Gasteiger partial charge in [0.15, 0.2) is 17.4 Å². The molecule has 1 heterocycles. The van der Waals surface area contributed by atoms with Crippen LogP contribution in [0.2, 0.25) is 0 Å². The number of halogens is 2. The highest BCUT2D eigenvalue weighted by molar-refractivity contribution is 5.56. The number of hydrogen-bond donors (Lipinski definition) is 1. The van der Waals surface area contributed by atoms with E-state index >= 15 is 0 Å². The van der Waals surface area contributed by atoms with Crippen LogP contribution in [0.1, 0.15) is 18.7 Å². The van der Waals surface area contributed by atoms with Gasteiger partial charge < -0.3 is 9.73 Å². The van der Waals surface area contributed by atoms with Gasteiger partial charge in [-0.25, -0.2) is 13.8 Å². The maximum atomic E-state index is 13.1. The highest BCUT2D eigenvalue weighted by Crippen LogP contribution is 2.23. The molecule has 1 saturated carbocycles. The number of benzene rings is 1. The normalized spacial score (nSPS) is 15.0. The fourth-order valence-corrected chi connectivity index (χ4v) is 1.69. The Morgan fingerprint density at radius 2 is 2.11 bits per heavy atom. The molecular weight excluding hydrogens is 238 g/mol. The first-order chi connectivity index (χ1) is 8.72. The van der Waals surface area contributed by atoms with Crippen molar-refractivity contribution in [2.24, 2.45) is 0 Å². The molecule has 0 aliphatic heterocycles. The minimum atomic E-state index is -0.887. The Balaban J connectivity index is 1.76. The van der Waals surface area contributed by atoms with Gasteiger partial charge in [0.05, 0.1) is 12.7 Å². The summed E-state index contributed by atoms with van der Waals surface area (Å²) in [6.45, 7) is 0.564. The van der Waals surface area contributed by atoms with Crippen LogP contribution < -0.4 is 5.32 Å². The summed E-state index contributed by atoms with van der Waals surface area (Å²) >= 11 is 0. The maximum absolute atomic E-state index is 13.1. The van der Waals surface area contributed by atoms with Crippen molar-refractivity contribution < 1.29 is 13.2 Å². The quantitative estimate of drug-likeness (QED) is 0.906. The summed E-state index contributed by atoms with van der Waals surface area (Å²) in [6, 6.07) is 4.23. The summed E-state index contributed by atoms with van der Waals surface area (Å²) in [5, 5.41) is 3.27. The zero-order valence-corrected chi connectivity index (χ0v) is 9.62. The average molecular weight is 250 g/mol. The summed E-state index contributed by atoms with van der Waals surface area (Å²) in [5.41, 5.74) is 0.485. The van der Waals surface area contributed by atoms with E-state index in [1.54, 1.807) is 0 Å². The summed E-state index contributed by atoms with van der Waals surface area (Å²) < 4.78 is 31.4. The molecule has 18 heavy (non-hydrogen) atoms. The van der Waals surface area contributed by atoms with Crippen LogP contribution in [-0.4, -0.2) is 11.0 Å². The molecule has 1 aliphatic rings. The Hall–Kier alpha value is -1.75. The van der Waals surface area contributed by atoms with Crippen molar-refractivity contribution in [1.29, 1.82) is 0 Å². The molecule has 1 aromatic heterocycles. The predicted molar refractivity (Wildman–Crippen MR) is 61.7 cm³/mol. The first kappa shape index (κ1) is 11.3. The molecular formula is C13H12F2N2O. The predicted octanol–water partition coefficient (Wildman–Crippen LogP) is 2.87. The second-order valence-electron chi connectivity index (χ2n) is 4.40. The zero-order chi connectivity index (χ0) is 12.5. The summed E-state index contributed by atoms with van der Waals surface area (Å²) in [7, 11) is 0. The third kappa shape index (κ3) is 2.41. The van der Waals surface area contributed by atoms with Crippen molar-refractivity contribution in [1.82, 2.24) is 10.3 Å². The van der Waals surface area contributed by atoms with Crippen LogP contribution in [0.3, 0.4) is 0 Å². The van der Waals surface area contributed by atoms with Gasteiger partial charge in [-0.05, 0) is 31.0 Å². The van der Waals surface area contributed by atoms with E-state index in [2.05, 4.69) is 10.3 Å². The van der Waals surface area contributed by atoms with Gasteiger partial charge in [-0.1, -0.05) is 0 Å². The van der Waals surface area contributed by atoms with Crippen LogP contribution in [-0.2, 0) is 6.54 Å². The fourth-order valence-electron chi connectivity index (χ4n) is 1.69. The molecule has 0 radical (unpaired) electrons. The molecule has 0 spiro atoms. The van der Waals surface area contributed by atoms with Crippen molar-refractivity contribution in [3.63, 3.8) is 0 Å². The lowest BCUT2D eigenvalue weighted by atomic mass is 10.2. The molecule has 0 amide bonds. The lowest BCUT2D eigenvalue weighted by Gasteiger charge is -1.99. The molecule has 2 aromatic rings. The SMILES string of the molecule is Fc1ccc(-c2cnc(CNC3CC3)o2)cc1F. The standard InChI is InChI=1S/C13H12F2N2O/c14-10-4-1-8(5-11(10)15)12-6-17-13(18-12)7-16-9-2-3-9/h1,4-6,9,16H,2-3,7H2. The molecule has 94 valence electrons. The van der Waals surface area contributed by atoms with E-state index in [9.17, 15) is 8.78 Å². The van der Waals surface area contributed by atoms with Crippen LogP contribution in [0, 0.1) is 11.6 Å². The third-order valence-corrected chi connectivity index (χ3v) is 2.88. The van der Waals surface area contributed by atoms with Crippen LogP contribution in [0.5, 0.6) is 0 Å². The van der Waals surface area contributed by atoms with Gasteiger partial charge >= 0.3 is 0 Å². The molecule has 3 nitrogen and oxygen atoms in total. The number of nitrogens with one attached hydrogen (secondary N) is 1. The Bertz CT molecular complexity index is 564. The largest absolute Gasteiger partial charge is 0.439 e. The average Bonchev–Trinajstić information content (AvgIpc) is 3.08. The minimum absolute atomic E-state index is 0.446. The van der Waals surface area contributed by atoms with Crippen molar-refractivity contribution in [3.05, 3.63) is 41.9 Å². The Kier molecular flexibility index (Phi) is 2.83. The van der Waals surface area contributed by atoms with Gasteiger partial charge in [-0.15, -0.1) is 0 Å². The highest BCUT2D eigenvalue weighted by Gasteiger charge is 2.21.